The lowest BCUT2D eigenvalue weighted by molar-refractivity contribution is -0.152. The summed E-state index contributed by atoms with van der Waals surface area (Å²) in [6.07, 6.45) is 0.769. The average Bonchev–Trinajstić information content (AvgIpc) is 2.15. The van der Waals surface area contributed by atoms with Gasteiger partial charge in [-0.05, 0) is 47.0 Å². The minimum atomic E-state index is -1.11. The Hall–Kier alpha value is -1.03. The van der Waals surface area contributed by atoms with Crippen LogP contribution >= 0.6 is 0 Å². The first-order valence-electron chi connectivity index (χ1n) is 5.88. The van der Waals surface area contributed by atoms with Crippen LogP contribution in [0.15, 0.2) is 0 Å². The van der Waals surface area contributed by atoms with Crippen LogP contribution in [0.25, 0.3) is 0 Å². The second-order valence-electron chi connectivity index (χ2n) is 5.42. The van der Waals surface area contributed by atoms with Crippen molar-refractivity contribution < 1.29 is 19.5 Å². The first kappa shape index (κ1) is 14.0. The highest BCUT2D eigenvalue weighted by Crippen LogP contribution is 2.45. The maximum atomic E-state index is 11.7. The zero-order chi connectivity index (χ0) is 13.4. The summed E-state index contributed by atoms with van der Waals surface area (Å²) in [5, 5.41) is 10.2. The minimum Gasteiger partial charge on any atom is -0.389 e. The summed E-state index contributed by atoms with van der Waals surface area (Å²) in [6, 6.07) is 0. The molecule has 1 aliphatic carbocycles. The maximum absolute atomic E-state index is 11.7. The number of carbonyl (C=O) groups excluding carboxylic acids is 3. The van der Waals surface area contributed by atoms with E-state index in [2.05, 4.69) is 0 Å². The zero-order valence-corrected chi connectivity index (χ0v) is 10.9. The number of rotatable bonds is 3. The van der Waals surface area contributed by atoms with Crippen LogP contribution in [0.5, 0.6) is 0 Å². The Morgan fingerprint density at radius 1 is 1.06 bits per heavy atom. The van der Waals surface area contributed by atoms with Gasteiger partial charge in [-0.1, -0.05) is 0 Å². The molecule has 0 aromatic heterocycles. The Bertz CT molecular complexity index is 354. The van der Waals surface area contributed by atoms with Gasteiger partial charge in [0.2, 0.25) is 0 Å². The highest BCUT2D eigenvalue weighted by molar-refractivity contribution is 6.05. The summed E-state index contributed by atoms with van der Waals surface area (Å²) >= 11 is 0. The monoisotopic (exact) mass is 240 g/mol. The van der Waals surface area contributed by atoms with Gasteiger partial charge in [-0.25, -0.2) is 0 Å². The molecule has 0 aromatic carbocycles. The molecule has 2 atom stereocenters. The third-order valence-corrected chi connectivity index (χ3v) is 4.20. The van der Waals surface area contributed by atoms with Crippen LogP contribution in [0.2, 0.25) is 0 Å². The molecule has 0 aliphatic heterocycles. The SMILES string of the molecule is CC(=O)[C@@H]1CC(C(C)=O)(C(C)=O)CC[C@@]1(C)O. The van der Waals surface area contributed by atoms with Crippen LogP contribution in [-0.4, -0.2) is 28.1 Å². The van der Waals surface area contributed by atoms with E-state index in [1.807, 2.05) is 0 Å². The number of ketones is 3. The normalized spacial score (nSPS) is 31.9. The van der Waals surface area contributed by atoms with Crippen molar-refractivity contribution in [2.45, 2.75) is 52.6 Å². The quantitative estimate of drug-likeness (QED) is 0.754. The predicted molar refractivity (Wildman–Crippen MR) is 62.4 cm³/mol. The molecule has 4 nitrogen and oxygen atoms in total. The van der Waals surface area contributed by atoms with Gasteiger partial charge in [-0.15, -0.1) is 0 Å². The summed E-state index contributed by atoms with van der Waals surface area (Å²) in [6.45, 7) is 5.77. The van der Waals surface area contributed by atoms with Gasteiger partial charge in [0.25, 0.3) is 0 Å². The number of Topliss-reactive ketones (excluding diaryl/α,β-unsaturated/α-hetero) is 3. The number of hydrogen-bond acceptors (Lipinski definition) is 4. The van der Waals surface area contributed by atoms with E-state index in [1.165, 1.54) is 20.8 Å². The second-order valence-corrected chi connectivity index (χ2v) is 5.42. The van der Waals surface area contributed by atoms with Crippen molar-refractivity contribution in [1.82, 2.24) is 0 Å². The maximum Gasteiger partial charge on any atom is 0.143 e. The molecule has 0 spiro atoms. The van der Waals surface area contributed by atoms with Crippen LogP contribution in [-0.2, 0) is 14.4 Å². The molecule has 0 bridgehead atoms. The number of aliphatic hydroxyl groups is 1. The van der Waals surface area contributed by atoms with Crippen molar-refractivity contribution in [2.75, 3.05) is 0 Å². The molecular formula is C13H20O4. The number of hydrogen-bond donors (Lipinski definition) is 1. The predicted octanol–water partition coefficient (Wildman–Crippen LogP) is 1.29. The van der Waals surface area contributed by atoms with E-state index in [1.54, 1.807) is 6.92 Å². The van der Waals surface area contributed by atoms with Crippen molar-refractivity contribution in [1.29, 1.82) is 0 Å². The fourth-order valence-corrected chi connectivity index (χ4v) is 2.78. The first-order chi connectivity index (χ1) is 7.63. The summed E-state index contributed by atoms with van der Waals surface area (Å²) in [5.41, 5.74) is -2.18. The minimum absolute atomic E-state index is 0.139. The zero-order valence-electron chi connectivity index (χ0n) is 10.9. The molecular weight excluding hydrogens is 220 g/mol. The van der Waals surface area contributed by atoms with E-state index in [0.717, 1.165) is 0 Å². The van der Waals surface area contributed by atoms with Gasteiger partial charge in [-0.3, -0.25) is 14.4 Å². The molecule has 17 heavy (non-hydrogen) atoms. The van der Waals surface area contributed by atoms with Crippen LogP contribution in [0.4, 0.5) is 0 Å². The standard InChI is InChI=1S/C13H20O4/c1-8(14)11-7-13(9(2)15,10(3)16)6-5-12(11,4)17/h11,17H,5-7H2,1-4H3/t11-,12+/m0/s1. The van der Waals surface area contributed by atoms with Gasteiger partial charge in [0.1, 0.15) is 17.3 Å². The molecule has 1 fully saturated rings. The lowest BCUT2D eigenvalue weighted by Crippen LogP contribution is -2.52. The Labute approximate surface area is 101 Å². The van der Waals surface area contributed by atoms with Crippen molar-refractivity contribution >= 4 is 17.3 Å². The molecule has 1 saturated carbocycles. The molecule has 0 radical (unpaired) electrons. The third-order valence-electron chi connectivity index (χ3n) is 4.20. The fourth-order valence-electron chi connectivity index (χ4n) is 2.78. The van der Waals surface area contributed by atoms with Crippen molar-refractivity contribution in [3.63, 3.8) is 0 Å². The topological polar surface area (TPSA) is 71.4 Å². The van der Waals surface area contributed by atoms with Gasteiger partial charge < -0.3 is 5.11 Å². The summed E-state index contributed by atoms with van der Waals surface area (Å²) < 4.78 is 0. The smallest absolute Gasteiger partial charge is 0.143 e. The molecule has 0 amide bonds. The molecule has 1 aliphatic rings. The van der Waals surface area contributed by atoms with Crippen LogP contribution < -0.4 is 0 Å². The van der Waals surface area contributed by atoms with Crippen molar-refractivity contribution in [3.8, 4) is 0 Å². The van der Waals surface area contributed by atoms with Crippen molar-refractivity contribution in [3.05, 3.63) is 0 Å². The van der Waals surface area contributed by atoms with E-state index in [0.29, 0.717) is 12.8 Å². The Morgan fingerprint density at radius 3 is 1.88 bits per heavy atom. The van der Waals surface area contributed by atoms with E-state index >= 15 is 0 Å². The molecule has 0 unspecified atom stereocenters. The Balaban J connectivity index is 3.13. The summed E-state index contributed by atoms with van der Waals surface area (Å²) in [4.78, 5) is 35.0. The Morgan fingerprint density at radius 2 is 1.53 bits per heavy atom. The molecule has 1 N–H and O–H groups in total. The fraction of sp³-hybridized carbons (Fsp3) is 0.769. The van der Waals surface area contributed by atoms with E-state index in [9.17, 15) is 19.5 Å². The van der Waals surface area contributed by atoms with Crippen LogP contribution in [0.3, 0.4) is 0 Å². The van der Waals surface area contributed by atoms with Gasteiger partial charge in [0.05, 0.1) is 11.0 Å². The lowest BCUT2D eigenvalue weighted by atomic mass is 9.60. The molecule has 0 heterocycles. The average molecular weight is 240 g/mol. The first-order valence-corrected chi connectivity index (χ1v) is 5.88. The molecule has 0 saturated heterocycles. The van der Waals surface area contributed by atoms with Crippen molar-refractivity contribution in [2.24, 2.45) is 11.3 Å². The van der Waals surface area contributed by atoms with Gasteiger partial charge in [0.15, 0.2) is 0 Å². The highest BCUT2D eigenvalue weighted by Gasteiger charge is 2.52. The summed E-state index contributed by atoms with van der Waals surface area (Å²) in [7, 11) is 0. The highest BCUT2D eigenvalue weighted by atomic mass is 16.3. The molecule has 0 aromatic rings. The van der Waals surface area contributed by atoms with Gasteiger partial charge >= 0.3 is 0 Å². The lowest BCUT2D eigenvalue weighted by Gasteiger charge is -2.44. The van der Waals surface area contributed by atoms with Gasteiger partial charge in [0, 0.05) is 5.92 Å². The molecule has 1 rings (SSSR count). The van der Waals surface area contributed by atoms with E-state index < -0.39 is 16.9 Å². The van der Waals surface area contributed by atoms with E-state index in [-0.39, 0.29) is 23.8 Å². The third kappa shape index (κ3) is 2.32. The molecule has 96 valence electrons. The van der Waals surface area contributed by atoms with E-state index in [4.69, 9.17) is 0 Å². The second kappa shape index (κ2) is 4.33. The van der Waals surface area contributed by atoms with Crippen LogP contribution in [0, 0.1) is 11.3 Å². The summed E-state index contributed by atoms with van der Waals surface area (Å²) in [5.74, 6) is -1.20. The van der Waals surface area contributed by atoms with Crippen LogP contribution in [0.1, 0.15) is 47.0 Å². The number of carbonyl (C=O) groups is 3. The molecule has 4 heteroatoms. The largest absolute Gasteiger partial charge is 0.389 e. The Kier molecular flexibility index (Phi) is 3.58. The van der Waals surface area contributed by atoms with Gasteiger partial charge in [-0.2, -0.15) is 0 Å².